The van der Waals surface area contributed by atoms with E-state index >= 15 is 0 Å². The summed E-state index contributed by atoms with van der Waals surface area (Å²) in [5, 5.41) is 9.86. The second-order valence-corrected chi connectivity index (χ2v) is 13.2. The van der Waals surface area contributed by atoms with Crippen LogP contribution in [0.5, 0.6) is 0 Å². The Morgan fingerprint density at radius 2 is 1.09 bits per heavy atom. The molecule has 2 aromatic heterocycles. The van der Waals surface area contributed by atoms with Crippen molar-refractivity contribution in [1.29, 1.82) is 0 Å². The minimum absolute atomic E-state index is 0.883. The summed E-state index contributed by atoms with van der Waals surface area (Å²) in [6.07, 6.45) is 0. The van der Waals surface area contributed by atoms with Crippen LogP contribution in [-0.2, 0) is 0 Å². The Balaban J connectivity index is 1.15. The highest BCUT2D eigenvalue weighted by Gasteiger charge is 2.17. The Labute approximate surface area is 275 Å². The smallest absolute Gasteiger partial charge is 0.137 e. The maximum absolute atomic E-state index is 6.36. The van der Waals surface area contributed by atoms with E-state index in [0.717, 1.165) is 39.0 Å². The number of furan rings is 1. The molecule has 10 rings (SSSR count). The molecule has 0 N–H and O–H groups in total. The van der Waals surface area contributed by atoms with Gasteiger partial charge in [-0.1, -0.05) is 97.1 Å². The summed E-state index contributed by atoms with van der Waals surface area (Å²) < 4.78 is 9.00. The van der Waals surface area contributed by atoms with Crippen molar-refractivity contribution in [1.82, 2.24) is 0 Å². The molecular formula is C44H27NOS. The minimum atomic E-state index is 0.883. The second-order valence-electron chi connectivity index (χ2n) is 12.2. The van der Waals surface area contributed by atoms with Gasteiger partial charge in [0.2, 0.25) is 0 Å². The van der Waals surface area contributed by atoms with Crippen molar-refractivity contribution in [3.63, 3.8) is 0 Å². The van der Waals surface area contributed by atoms with Gasteiger partial charge in [-0.05, 0) is 93.3 Å². The maximum atomic E-state index is 6.36. The van der Waals surface area contributed by atoms with Crippen LogP contribution >= 0.6 is 11.3 Å². The summed E-state index contributed by atoms with van der Waals surface area (Å²) in [7, 11) is 0. The molecule has 3 heteroatoms. The third kappa shape index (κ3) is 4.25. The lowest BCUT2D eigenvalue weighted by Gasteiger charge is -2.26. The molecule has 8 aromatic carbocycles. The molecule has 0 spiro atoms. The SMILES string of the molecule is c1ccc2c(-c3ccc(N(c4ccc5cc6sc7ccccc7c6cc5c4)c4ccc5c(c4)oc4ccccc45)cc3)cccc2c1. The van der Waals surface area contributed by atoms with E-state index in [4.69, 9.17) is 4.42 Å². The van der Waals surface area contributed by atoms with E-state index in [2.05, 4.69) is 157 Å². The van der Waals surface area contributed by atoms with Crippen LogP contribution in [0.3, 0.4) is 0 Å². The van der Waals surface area contributed by atoms with Crippen LogP contribution in [0.4, 0.5) is 17.1 Å². The van der Waals surface area contributed by atoms with Gasteiger partial charge < -0.3 is 9.32 Å². The summed E-state index contributed by atoms with van der Waals surface area (Å²) in [6.45, 7) is 0. The molecule has 0 atom stereocenters. The lowest BCUT2D eigenvalue weighted by atomic mass is 9.98. The fourth-order valence-corrected chi connectivity index (χ4v) is 8.30. The molecule has 2 nitrogen and oxygen atoms in total. The maximum Gasteiger partial charge on any atom is 0.137 e. The van der Waals surface area contributed by atoms with Crippen LogP contribution in [0.15, 0.2) is 168 Å². The van der Waals surface area contributed by atoms with Gasteiger partial charge in [0.05, 0.1) is 0 Å². The van der Waals surface area contributed by atoms with Crippen LogP contribution in [0.25, 0.3) is 74.8 Å². The topological polar surface area (TPSA) is 16.4 Å². The van der Waals surface area contributed by atoms with E-state index in [9.17, 15) is 0 Å². The fraction of sp³-hybridized carbons (Fsp3) is 0. The van der Waals surface area contributed by atoms with E-state index in [-0.39, 0.29) is 0 Å². The standard InChI is InChI=1S/C44H27NOS/c1-2-10-35-28(8-1)9-7-13-36(35)29-16-19-32(20-17-29)45(34-22-23-38-37-11-3-5-14-41(37)46-42(38)27-34)33-21-18-30-26-44-40(25-31(30)24-33)39-12-4-6-15-43(39)47-44/h1-27H. The van der Waals surface area contributed by atoms with Gasteiger partial charge in [-0.25, -0.2) is 0 Å². The number of rotatable bonds is 4. The first-order chi connectivity index (χ1) is 23.3. The number of anilines is 3. The van der Waals surface area contributed by atoms with Gasteiger partial charge in [0.15, 0.2) is 0 Å². The molecule has 0 bridgehead atoms. The number of para-hydroxylation sites is 1. The van der Waals surface area contributed by atoms with Gasteiger partial charge in [-0.2, -0.15) is 0 Å². The molecule has 0 saturated carbocycles. The van der Waals surface area contributed by atoms with Crippen molar-refractivity contribution in [3.8, 4) is 11.1 Å². The molecule has 2 heterocycles. The van der Waals surface area contributed by atoms with Crippen LogP contribution in [-0.4, -0.2) is 0 Å². The minimum Gasteiger partial charge on any atom is -0.456 e. The molecule has 0 saturated heterocycles. The van der Waals surface area contributed by atoms with Gasteiger partial charge in [0.25, 0.3) is 0 Å². The number of hydrogen-bond acceptors (Lipinski definition) is 3. The first-order valence-corrected chi connectivity index (χ1v) is 16.7. The third-order valence-electron chi connectivity index (χ3n) is 9.42. The van der Waals surface area contributed by atoms with Gasteiger partial charge >= 0.3 is 0 Å². The largest absolute Gasteiger partial charge is 0.456 e. The molecule has 0 aliphatic rings. The normalized spacial score (nSPS) is 11.8. The lowest BCUT2D eigenvalue weighted by Crippen LogP contribution is -2.09. The van der Waals surface area contributed by atoms with Crippen LogP contribution in [0.2, 0.25) is 0 Å². The van der Waals surface area contributed by atoms with E-state index in [0.29, 0.717) is 0 Å². The average Bonchev–Trinajstić information content (AvgIpc) is 3.68. The monoisotopic (exact) mass is 617 g/mol. The van der Waals surface area contributed by atoms with Gasteiger partial charge in [-0.3, -0.25) is 0 Å². The molecule has 0 unspecified atom stereocenters. The van der Waals surface area contributed by atoms with Gasteiger partial charge in [0.1, 0.15) is 11.2 Å². The zero-order chi connectivity index (χ0) is 30.9. The molecule has 0 fully saturated rings. The van der Waals surface area contributed by atoms with Gasteiger partial charge in [0, 0.05) is 54.1 Å². The Bertz CT molecular complexity index is 2800. The van der Waals surface area contributed by atoms with Crippen molar-refractivity contribution in [3.05, 3.63) is 164 Å². The highest BCUT2D eigenvalue weighted by atomic mass is 32.1. The Kier molecular flexibility index (Phi) is 5.78. The molecule has 47 heavy (non-hydrogen) atoms. The Morgan fingerprint density at radius 3 is 2.00 bits per heavy atom. The van der Waals surface area contributed by atoms with Crippen molar-refractivity contribution in [2.45, 2.75) is 0 Å². The quantitative estimate of drug-likeness (QED) is 0.195. The van der Waals surface area contributed by atoms with Crippen molar-refractivity contribution in [2.75, 3.05) is 4.90 Å². The highest BCUT2D eigenvalue weighted by molar-refractivity contribution is 7.25. The highest BCUT2D eigenvalue weighted by Crippen LogP contribution is 2.42. The predicted molar refractivity (Wildman–Crippen MR) is 202 cm³/mol. The Hall–Kier alpha value is -5.90. The number of fused-ring (bicyclic) bond motifs is 8. The van der Waals surface area contributed by atoms with Crippen LogP contribution in [0.1, 0.15) is 0 Å². The zero-order valence-corrected chi connectivity index (χ0v) is 26.2. The number of benzene rings is 8. The molecule has 0 aliphatic carbocycles. The van der Waals surface area contributed by atoms with E-state index < -0.39 is 0 Å². The first-order valence-electron chi connectivity index (χ1n) is 15.9. The van der Waals surface area contributed by atoms with Crippen molar-refractivity contribution < 1.29 is 4.42 Å². The summed E-state index contributed by atoms with van der Waals surface area (Å²) in [6, 6.07) is 59.1. The Morgan fingerprint density at radius 1 is 0.383 bits per heavy atom. The van der Waals surface area contributed by atoms with Gasteiger partial charge in [-0.15, -0.1) is 11.3 Å². The molecule has 0 amide bonds. The van der Waals surface area contributed by atoms with Crippen LogP contribution < -0.4 is 4.90 Å². The summed E-state index contributed by atoms with van der Waals surface area (Å²) >= 11 is 1.86. The fourth-order valence-electron chi connectivity index (χ4n) is 7.16. The number of thiophene rings is 1. The van der Waals surface area contributed by atoms with Crippen molar-refractivity contribution >= 4 is 92.1 Å². The number of hydrogen-bond donors (Lipinski definition) is 0. The molecule has 10 aromatic rings. The van der Waals surface area contributed by atoms with E-state index in [1.807, 2.05) is 23.5 Å². The number of nitrogens with zero attached hydrogens (tertiary/aromatic N) is 1. The van der Waals surface area contributed by atoms with Crippen LogP contribution in [0, 0.1) is 0 Å². The van der Waals surface area contributed by atoms with E-state index in [1.165, 1.54) is 52.8 Å². The average molecular weight is 618 g/mol. The molecule has 220 valence electrons. The molecular weight excluding hydrogens is 591 g/mol. The second kappa shape index (κ2) is 10.3. The first kappa shape index (κ1) is 26.3. The predicted octanol–water partition coefficient (Wildman–Crippen LogP) is 13.4. The zero-order valence-electron chi connectivity index (χ0n) is 25.4. The summed E-state index contributed by atoms with van der Waals surface area (Å²) in [5.74, 6) is 0. The molecule has 0 radical (unpaired) electrons. The third-order valence-corrected chi connectivity index (χ3v) is 10.6. The lowest BCUT2D eigenvalue weighted by molar-refractivity contribution is 0.669. The summed E-state index contributed by atoms with van der Waals surface area (Å²) in [5.41, 5.74) is 7.47. The van der Waals surface area contributed by atoms with E-state index in [1.54, 1.807) is 0 Å². The summed E-state index contributed by atoms with van der Waals surface area (Å²) in [4.78, 5) is 2.34. The molecule has 0 aliphatic heterocycles. The van der Waals surface area contributed by atoms with Crippen molar-refractivity contribution in [2.24, 2.45) is 0 Å².